The number of piperidine rings is 1. The molecule has 0 radical (unpaired) electrons. The Balaban J connectivity index is 1.70. The molecule has 1 aromatic carbocycles. The van der Waals surface area contributed by atoms with E-state index in [4.69, 9.17) is 0 Å². The third-order valence-electron chi connectivity index (χ3n) is 8.28. The van der Waals surface area contributed by atoms with Crippen LogP contribution in [-0.2, 0) is 0 Å². The van der Waals surface area contributed by atoms with E-state index in [-0.39, 0.29) is 18.0 Å². The van der Waals surface area contributed by atoms with Crippen molar-refractivity contribution in [2.45, 2.75) is 51.1 Å². The molecule has 1 aliphatic carbocycles. The molecule has 0 saturated carbocycles. The highest BCUT2D eigenvalue weighted by atomic mass is 19.4. The number of hydrogen-bond acceptors (Lipinski definition) is 2. The summed E-state index contributed by atoms with van der Waals surface area (Å²) in [6.45, 7) is 4.98. The molecule has 1 N–H and O–H groups in total. The van der Waals surface area contributed by atoms with Crippen molar-refractivity contribution in [3.8, 4) is 0 Å². The van der Waals surface area contributed by atoms with Gasteiger partial charge in [0.05, 0.1) is 11.6 Å². The number of alkyl halides is 6. The Kier molecular flexibility index (Phi) is 6.96. The quantitative estimate of drug-likeness (QED) is 0.500. The first-order valence-electron chi connectivity index (χ1n) is 12.1. The van der Waals surface area contributed by atoms with Crippen molar-refractivity contribution < 1.29 is 31.1 Å². The number of rotatable bonds is 3. The summed E-state index contributed by atoms with van der Waals surface area (Å²) < 4.78 is 83.5. The van der Waals surface area contributed by atoms with Gasteiger partial charge in [0.25, 0.3) is 0 Å². The number of aryl methyl sites for hydroxylation is 1. The fourth-order valence-electron chi connectivity index (χ4n) is 6.03. The third-order valence-corrected chi connectivity index (χ3v) is 8.28. The van der Waals surface area contributed by atoms with Crippen LogP contribution in [0.2, 0.25) is 0 Å². The Morgan fingerprint density at radius 1 is 1.17 bits per heavy atom. The predicted octanol–water partition coefficient (Wildman–Crippen LogP) is 6.02. The second-order valence-electron chi connectivity index (χ2n) is 10.2. The van der Waals surface area contributed by atoms with Gasteiger partial charge >= 0.3 is 18.4 Å². The molecule has 0 bridgehead atoms. The van der Waals surface area contributed by atoms with Gasteiger partial charge in [0.15, 0.2) is 0 Å². The Bertz CT molecular complexity index is 1050. The molecular formula is C26H31F6N3O. The first-order chi connectivity index (χ1) is 16.8. The van der Waals surface area contributed by atoms with Crippen molar-refractivity contribution in [1.82, 2.24) is 15.1 Å². The molecule has 2 saturated heterocycles. The van der Waals surface area contributed by atoms with Gasteiger partial charge in [0.2, 0.25) is 0 Å². The predicted molar refractivity (Wildman–Crippen MR) is 124 cm³/mol. The van der Waals surface area contributed by atoms with E-state index in [1.165, 1.54) is 14.0 Å². The zero-order chi connectivity index (χ0) is 26.5. The molecule has 2 heterocycles. The van der Waals surface area contributed by atoms with E-state index in [9.17, 15) is 31.1 Å². The molecule has 0 aromatic heterocycles. The number of allylic oxidation sites excluding steroid dienone is 3. The minimum Gasteiger partial charge on any atom is -0.324 e. The van der Waals surface area contributed by atoms with Gasteiger partial charge in [-0.15, -0.1) is 0 Å². The summed E-state index contributed by atoms with van der Waals surface area (Å²) >= 11 is 0. The van der Waals surface area contributed by atoms with Crippen LogP contribution in [-0.4, -0.2) is 60.9 Å². The zero-order valence-electron chi connectivity index (χ0n) is 20.5. The number of carbonyl (C=O) groups is 1. The molecule has 198 valence electrons. The van der Waals surface area contributed by atoms with E-state index in [0.29, 0.717) is 31.5 Å². The van der Waals surface area contributed by atoms with E-state index in [0.717, 1.165) is 28.6 Å². The zero-order valence-corrected chi connectivity index (χ0v) is 20.5. The highest BCUT2D eigenvalue weighted by molar-refractivity contribution is 5.75. The molecule has 0 spiro atoms. The Morgan fingerprint density at radius 2 is 1.86 bits per heavy atom. The minimum atomic E-state index is -5.00. The lowest BCUT2D eigenvalue weighted by atomic mass is 9.72. The third kappa shape index (κ3) is 4.53. The average molecular weight is 516 g/mol. The largest absolute Gasteiger partial charge is 0.416 e. The molecule has 3 aliphatic rings. The number of fused-ring (bicyclic) bond motifs is 1. The van der Waals surface area contributed by atoms with Gasteiger partial charge in [0, 0.05) is 32.1 Å². The first-order valence-corrected chi connectivity index (χ1v) is 12.1. The summed E-state index contributed by atoms with van der Waals surface area (Å²) in [4.78, 5) is 16.4. The van der Waals surface area contributed by atoms with Crippen molar-refractivity contribution in [3.05, 3.63) is 59.2 Å². The van der Waals surface area contributed by atoms with Crippen LogP contribution in [0.25, 0.3) is 0 Å². The summed E-state index contributed by atoms with van der Waals surface area (Å²) in [5.41, 5.74) is -2.29. The van der Waals surface area contributed by atoms with E-state index in [1.807, 2.05) is 31.2 Å². The maximum atomic E-state index is 14.4. The number of likely N-dealkylation sites (tertiary alicyclic amines) is 1. The number of benzene rings is 1. The van der Waals surface area contributed by atoms with Crippen LogP contribution in [0.1, 0.15) is 36.9 Å². The van der Waals surface area contributed by atoms with Crippen LogP contribution in [0.5, 0.6) is 0 Å². The van der Waals surface area contributed by atoms with Gasteiger partial charge in [-0.2, -0.15) is 26.3 Å². The Morgan fingerprint density at radius 3 is 2.50 bits per heavy atom. The minimum absolute atomic E-state index is 0.0958. The van der Waals surface area contributed by atoms with Crippen LogP contribution in [0.4, 0.5) is 31.1 Å². The van der Waals surface area contributed by atoms with Gasteiger partial charge in [-0.1, -0.05) is 42.5 Å². The van der Waals surface area contributed by atoms with E-state index in [1.54, 1.807) is 4.90 Å². The summed E-state index contributed by atoms with van der Waals surface area (Å²) in [6, 6.07) is 5.13. The topological polar surface area (TPSA) is 35.6 Å². The molecule has 2 aliphatic heterocycles. The molecule has 2 fully saturated rings. The van der Waals surface area contributed by atoms with E-state index in [2.05, 4.69) is 5.32 Å². The SMILES string of the molecule is Cc1ccccc1[C@H]1[C@@H]2CNC[C@H]2CCN1C(=O)N(C)C(C)C1(C(F)(F)F)C=C(C(F)(F)F)C=CC1. The maximum Gasteiger partial charge on any atom is 0.416 e. The summed E-state index contributed by atoms with van der Waals surface area (Å²) in [5.74, 6) is 0.432. The van der Waals surface area contributed by atoms with Crippen LogP contribution >= 0.6 is 0 Å². The van der Waals surface area contributed by atoms with Crippen molar-refractivity contribution in [1.29, 1.82) is 0 Å². The van der Waals surface area contributed by atoms with E-state index < -0.39 is 41.8 Å². The first kappa shape index (κ1) is 26.6. The number of halogens is 6. The molecule has 10 heteroatoms. The van der Waals surface area contributed by atoms with Crippen molar-refractivity contribution in [2.75, 3.05) is 26.7 Å². The van der Waals surface area contributed by atoms with Crippen LogP contribution in [0, 0.1) is 24.2 Å². The highest BCUT2D eigenvalue weighted by Gasteiger charge is 2.60. The molecule has 1 aromatic rings. The highest BCUT2D eigenvalue weighted by Crippen LogP contribution is 2.51. The molecule has 2 amide bonds. The van der Waals surface area contributed by atoms with Gasteiger partial charge in [-0.05, 0) is 50.3 Å². The second-order valence-corrected chi connectivity index (χ2v) is 10.2. The van der Waals surface area contributed by atoms with Crippen LogP contribution in [0.15, 0.2) is 48.1 Å². The molecule has 5 atom stereocenters. The average Bonchev–Trinajstić information content (AvgIpc) is 3.30. The van der Waals surface area contributed by atoms with Crippen LogP contribution < -0.4 is 5.32 Å². The Hall–Kier alpha value is -2.49. The lowest BCUT2D eigenvalue weighted by Crippen LogP contribution is -2.58. The maximum absolute atomic E-state index is 14.4. The number of urea groups is 1. The molecular weight excluding hydrogens is 484 g/mol. The van der Waals surface area contributed by atoms with E-state index >= 15 is 0 Å². The fraction of sp³-hybridized carbons (Fsp3) is 0.577. The molecule has 2 unspecified atom stereocenters. The summed E-state index contributed by atoms with van der Waals surface area (Å²) in [7, 11) is 1.26. The number of amides is 2. The van der Waals surface area contributed by atoms with Crippen molar-refractivity contribution >= 4 is 6.03 Å². The van der Waals surface area contributed by atoms with Gasteiger partial charge in [0.1, 0.15) is 5.41 Å². The number of hydrogen-bond donors (Lipinski definition) is 1. The smallest absolute Gasteiger partial charge is 0.324 e. The summed E-state index contributed by atoms with van der Waals surface area (Å²) in [5, 5.41) is 3.37. The van der Waals surface area contributed by atoms with Gasteiger partial charge < -0.3 is 15.1 Å². The van der Waals surface area contributed by atoms with Crippen molar-refractivity contribution in [3.63, 3.8) is 0 Å². The van der Waals surface area contributed by atoms with Crippen molar-refractivity contribution in [2.24, 2.45) is 17.3 Å². The second kappa shape index (κ2) is 9.43. The van der Waals surface area contributed by atoms with Gasteiger partial charge in [-0.25, -0.2) is 4.79 Å². The van der Waals surface area contributed by atoms with Gasteiger partial charge in [-0.3, -0.25) is 0 Å². The molecule has 4 rings (SSSR count). The number of nitrogens with one attached hydrogen (secondary N) is 1. The number of carbonyl (C=O) groups excluding carboxylic acids is 1. The fourth-order valence-corrected chi connectivity index (χ4v) is 6.03. The molecule has 36 heavy (non-hydrogen) atoms. The molecule has 4 nitrogen and oxygen atoms in total. The standard InChI is InChI=1S/C26H31F6N3O/c1-16-7-4-5-9-20(16)22-21-15-33-14-18(21)10-12-35(22)23(36)34(3)17(2)24(26(30,31)32)11-6-8-19(13-24)25(27,28)29/h4-9,13,17-18,21-22,33H,10-12,14-15H2,1-3H3/t17?,18-,21-,22+,24?/m1/s1. The summed E-state index contributed by atoms with van der Waals surface area (Å²) in [6.07, 6.45) is -8.07. The Labute approximate surface area is 207 Å². The normalized spacial score (nSPS) is 29.5. The lowest BCUT2D eigenvalue weighted by Gasteiger charge is -2.48. The van der Waals surface area contributed by atoms with Crippen LogP contribution in [0.3, 0.4) is 0 Å². The lowest BCUT2D eigenvalue weighted by molar-refractivity contribution is -0.221. The number of nitrogens with zero attached hydrogens (tertiary/aromatic N) is 2. The monoisotopic (exact) mass is 515 g/mol.